The Labute approximate surface area is 186 Å². The van der Waals surface area contributed by atoms with E-state index in [1.165, 1.54) is 12.1 Å². The Hall–Kier alpha value is -2.56. The number of methoxy groups -OCH3 is 2. The van der Waals surface area contributed by atoms with Gasteiger partial charge in [-0.15, -0.1) is 24.0 Å². The zero-order valence-electron chi connectivity index (χ0n) is 16.6. The molecule has 0 saturated carbocycles. The fourth-order valence-electron chi connectivity index (χ4n) is 2.63. The zero-order valence-corrected chi connectivity index (χ0v) is 18.9. The molecule has 0 bridgehead atoms. The molecule has 0 radical (unpaired) electrons. The van der Waals surface area contributed by atoms with Crippen LogP contribution in [0.3, 0.4) is 0 Å². The monoisotopic (exact) mass is 516 g/mol. The molecule has 2 aromatic carbocycles. The van der Waals surface area contributed by atoms with Crippen LogP contribution in [0, 0.1) is 11.7 Å². The molecule has 0 spiro atoms. The van der Waals surface area contributed by atoms with Gasteiger partial charge in [-0.3, -0.25) is 9.79 Å². The van der Waals surface area contributed by atoms with Crippen LogP contribution in [0.5, 0.6) is 11.5 Å². The summed E-state index contributed by atoms with van der Waals surface area (Å²) in [5.41, 5.74) is 7.09. The van der Waals surface area contributed by atoms with Gasteiger partial charge in [-0.05, 0) is 36.2 Å². The van der Waals surface area contributed by atoms with Crippen molar-refractivity contribution in [3.05, 3.63) is 53.8 Å². The summed E-state index contributed by atoms with van der Waals surface area (Å²) in [4.78, 5) is 16.0. The Morgan fingerprint density at radius 1 is 1.14 bits per heavy atom. The van der Waals surface area contributed by atoms with E-state index >= 15 is 0 Å². The predicted octanol–water partition coefficient (Wildman–Crippen LogP) is 2.79. The molecule has 29 heavy (non-hydrogen) atoms. The third-order valence-electron chi connectivity index (χ3n) is 4.18. The van der Waals surface area contributed by atoms with Gasteiger partial charge in [-0.1, -0.05) is 12.1 Å². The first-order valence-electron chi connectivity index (χ1n) is 8.70. The Morgan fingerprint density at radius 2 is 1.79 bits per heavy atom. The molecule has 1 unspecified atom stereocenters. The maximum atomic E-state index is 13.0. The number of guanidine groups is 1. The van der Waals surface area contributed by atoms with E-state index < -0.39 is 11.8 Å². The number of hydrogen-bond acceptors (Lipinski definition) is 4. The van der Waals surface area contributed by atoms with Crippen LogP contribution in [-0.2, 0) is 11.2 Å². The van der Waals surface area contributed by atoms with E-state index in [9.17, 15) is 9.18 Å². The van der Waals surface area contributed by atoms with Crippen LogP contribution in [0.2, 0.25) is 0 Å². The minimum Gasteiger partial charge on any atom is -0.493 e. The van der Waals surface area contributed by atoms with Crippen LogP contribution >= 0.6 is 24.0 Å². The van der Waals surface area contributed by atoms with E-state index in [-0.39, 0.29) is 36.3 Å². The summed E-state index contributed by atoms with van der Waals surface area (Å²) in [5.74, 6) is 0.417. The summed E-state index contributed by atoms with van der Waals surface area (Å²) in [6.07, 6.45) is 0.399. The highest BCUT2D eigenvalue weighted by atomic mass is 127. The third-order valence-corrected chi connectivity index (χ3v) is 4.18. The molecule has 0 fully saturated rings. The van der Waals surface area contributed by atoms with Crippen LogP contribution in [0.4, 0.5) is 10.1 Å². The maximum Gasteiger partial charge on any atom is 0.222 e. The van der Waals surface area contributed by atoms with Crippen molar-refractivity contribution in [1.82, 2.24) is 5.32 Å². The van der Waals surface area contributed by atoms with Gasteiger partial charge in [0.2, 0.25) is 5.91 Å². The topological polar surface area (TPSA) is 98.0 Å². The van der Waals surface area contributed by atoms with Gasteiger partial charge in [0, 0.05) is 25.3 Å². The number of nitrogens with two attached hydrogens (primary N) is 1. The number of amides is 1. The normalized spacial score (nSPS) is 11.8. The van der Waals surface area contributed by atoms with Crippen molar-refractivity contribution in [3.8, 4) is 11.5 Å². The van der Waals surface area contributed by atoms with Gasteiger partial charge in [0.1, 0.15) is 5.82 Å². The van der Waals surface area contributed by atoms with E-state index in [0.29, 0.717) is 23.9 Å². The quantitative estimate of drug-likeness (QED) is 0.285. The lowest BCUT2D eigenvalue weighted by molar-refractivity contribution is -0.121. The number of nitrogens with zero attached hydrogens (tertiary/aromatic N) is 1. The van der Waals surface area contributed by atoms with Crippen molar-refractivity contribution >= 4 is 41.5 Å². The van der Waals surface area contributed by atoms with E-state index in [2.05, 4.69) is 15.6 Å². The standard InChI is InChI=1S/C20H25FN4O3.HI/c1-23-20(25-16-8-9-17(27-2)18(11-16)28-3)24-12-14(19(22)26)10-13-4-6-15(21)7-5-13;/h4-9,11,14H,10,12H2,1-3H3,(H2,22,26)(H2,23,24,25);1H. The number of hydrogen-bond donors (Lipinski definition) is 3. The summed E-state index contributed by atoms with van der Waals surface area (Å²) >= 11 is 0. The lowest BCUT2D eigenvalue weighted by Gasteiger charge is -2.18. The largest absolute Gasteiger partial charge is 0.493 e. The van der Waals surface area contributed by atoms with Gasteiger partial charge in [0.15, 0.2) is 17.5 Å². The highest BCUT2D eigenvalue weighted by Crippen LogP contribution is 2.29. The molecule has 4 N–H and O–H groups in total. The number of ether oxygens (including phenoxy) is 2. The Balaban J connectivity index is 0.00000420. The highest BCUT2D eigenvalue weighted by Gasteiger charge is 2.17. The van der Waals surface area contributed by atoms with Gasteiger partial charge < -0.3 is 25.8 Å². The first-order valence-corrected chi connectivity index (χ1v) is 8.70. The SMILES string of the molecule is CN=C(NCC(Cc1ccc(F)cc1)C(N)=O)Nc1ccc(OC)c(OC)c1.I. The summed E-state index contributed by atoms with van der Waals surface area (Å²) in [5, 5.41) is 6.21. The van der Waals surface area contributed by atoms with Crippen molar-refractivity contribution < 1.29 is 18.7 Å². The van der Waals surface area contributed by atoms with Crippen molar-refractivity contribution in [2.24, 2.45) is 16.6 Å². The van der Waals surface area contributed by atoms with Gasteiger partial charge in [-0.2, -0.15) is 0 Å². The van der Waals surface area contributed by atoms with Crippen LogP contribution in [0.15, 0.2) is 47.5 Å². The van der Waals surface area contributed by atoms with E-state index in [1.54, 1.807) is 45.5 Å². The number of nitrogens with one attached hydrogen (secondary N) is 2. The lowest BCUT2D eigenvalue weighted by atomic mass is 9.98. The summed E-state index contributed by atoms with van der Waals surface area (Å²) < 4.78 is 23.5. The number of benzene rings is 2. The molecule has 0 heterocycles. The predicted molar refractivity (Wildman–Crippen MR) is 123 cm³/mol. The van der Waals surface area contributed by atoms with Crippen molar-refractivity contribution in [1.29, 1.82) is 0 Å². The van der Waals surface area contributed by atoms with E-state index in [0.717, 1.165) is 11.3 Å². The molecule has 7 nitrogen and oxygen atoms in total. The molecule has 158 valence electrons. The van der Waals surface area contributed by atoms with Gasteiger partial charge >= 0.3 is 0 Å². The second-order valence-electron chi connectivity index (χ2n) is 6.08. The number of carbonyl (C=O) groups excluding carboxylic acids is 1. The summed E-state index contributed by atoms with van der Waals surface area (Å²) in [7, 11) is 4.74. The molecule has 1 amide bonds. The molecule has 0 aliphatic rings. The molecule has 9 heteroatoms. The zero-order chi connectivity index (χ0) is 20.5. The van der Waals surface area contributed by atoms with Crippen LogP contribution in [0.1, 0.15) is 5.56 Å². The van der Waals surface area contributed by atoms with Gasteiger partial charge in [0.05, 0.1) is 20.1 Å². The number of anilines is 1. The number of rotatable bonds is 8. The van der Waals surface area contributed by atoms with Crippen LogP contribution in [0.25, 0.3) is 0 Å². The van der Waals surface area contributed by atoms with Crippen LogP contribution in [-0.4, -0.2) is 39.7 Å². The van der Waals surface area contributed by atoms with Gasteiger partial charge in [-0.25, -0.2) is 4.39 Å². The molecule has 1 atom stereocenters. The minimum atomic E-state index is -0.477. The van der Waals surface area contributed by atoms with Crippen molar-refractivity contribution in [3.63, 3.8) is 0 Å². The average molecular weight is 516 g/mol. The first kappa shape index (κ1) is 24.5. The molecule has 2 aromatic rings. The summed E-state index contributed by atoms with van der Waals surface area (Å²) in [6, 6.07) is 11.4. The van der Waals surface area contributed by atoms with Crippen molar-refractivity contribution in [2.45, 2.75) is 6.42 Å². The van der Waals surface area contributed by atoms with Crippen LogP contribution < -0.4 is 25.8 Å². The lowest BCUT2D eigenvalue weighted by Crippen LogP contribution is -2.40. The highest BCUT2D eigenvalue weighted by molar-refractivity contribution is 14.0. The second-order valence-corrected chi connectivity index (χ2v) is 6.08. The number of halogens is 2. The number of carbonyl (C=O) groups is 1. The van der Waals surface area contributed by atoms with E-state index in [4.69, 9.17) is 15.2 Å². The summed E-state index contributed by atoms with van der Waals surface area (Å²) in [6.45, 7) is 0.277. The maximum absolute atomic E-state index is 13.0. The Morgan fingerprint density at radius 3 is 2.34 bits per heavy atom. The molecule has 0 aromatic heterocycles. The second kappa shape index (κ2) is 12.1. The average Bonchev–Trinajstić information content (AvgIpc) is 2.70. The number of aliphatic imine (C=N–C) groups is 1. The minimum absolute atomic E-state index is 0. The molecular formula is C20H26FIN4O3. The molecular weight excluding hydrogens is 490 g/mol. The third kappa shape index (κ3) is 7.41. The van der Waals surface area contributed by atoms with E-state index in [1.807, 2.05) is 6.07 Å². The fourth-order valence-corrected chi connectivity index (χ4v) is 2.63. The smallest absolute Gasteiger partial charge is 0.222 e. The molecule has 0 aliphatic heterocycles. The number of primary amides is 1. The van der Waals surface area contributed by atoms with Gasteiger partial charge in [0.25, 0.3) is 0 Å². The molecule has 0 aliphatic carbocycles. The Bertz CT molecular complexity index is 831. The molecule has 2 rings (SSSR count). The Kier molecular flexibility index (Phi) is 10.2. The fraction of sp³-hybridized carbons (Fsp3) is 0.300. The first-order chi connectivity index (χ1) is 13.5. The van der Waals surface area contributed by atoms with Crippen molar-refractivity contribution in [2.75, 3.05) is 33.1 Å². The molecule has 0 saturated heterocycles.